The van der Waals surface area contributed by atoms with Gasteiger partial charge in [0, 0.05) is 36.7 Å². The number of nitrogens with zero attached hydrogens (tertiary/aromatic N) is 2. The Morgan fingerprint density at radius 3 is 2.00 bits per heavy atom. The van der Waals surface area contributed by atoms with E-state index in [1.165, 1.54) is 22.5 Å². The molecule has 0 spiro atoms. The van der Waals surface area contributed by atoms with E-state index >= 15 is 0 Å². The molecule has 32 heavy (non-hydrogen) atoms. The first-order valence-electron chi connectivity index (χ1n) is 10.5. The van der Waals surface area contributed by atoms with Crippen molar-refractivity contribution >= 4 is 46.0 Å². The molecule has 0 atom stereocenters. The van der Waals surface area contributed by atoms with Gasteiger partial charge in [0.15, 0.2) is 11.9 Å². The van der Waals surface area contributed by atoms with Crippen molar-refractivity contribution in [2.45, 2.75) is 12.8 Å². The molecule has 0 unspecified atom stereocenters. The van der Waals surface area contributed by atoms with Crippen LogP contribution in [0.15, 0.2) is 48.6 Å². The minimum Gasteiger partial charge on any atom is -0.370 e. The highest BCUT2D eigenvalue weighted by Gasteiger charge is 2.17. The molecule has 166 valence electrons. The van der Waals surface area contributed by atoms with E-state index in [2.05, 4.69) is 17.5 Å². The van der Waals surface area contributed by atoms with Crippen LogP contribution in [0.1, 0.15) is 33.0 Å². The number of nitrogens with two attached hydrogens (primary N) is 2. The third-order valence-corrected chi connectivity index (χ3v) is 6.92. The molecule has 2 aliphatic heterocycles. The van der Waals surface area contributed by atoms with Gasteiger partial charge in [-0.3, -0.25) is 15.6 Å². The first kappa shape index (κ1) is 21.6. The molecule has 3 heterocycles. The van der Waals surface area contributed by atoms with E-state index in [4.69, 9.17) is 22.3 Å². The summed E-state index contributed by atoms with van der Waals surface area (Å²) in [5.41, 5.74) is 15.4. The molecule has 2 aliphatic rings. The number of benzene rings is 1. The van der Waals surface area contributed by atoms with Crippen molar-refractivity contribution < 1.29 is 4.79 Å². The minimum atomic E-state index is -0.121. The third-order valence-electron chi connectivity index (χ3n) is 5.76. The van der Waals surface area contributed by atoms with Crippen molar-refractivity contribution in [2.24, 2.45) is 11.5 Å². The maximum Gasteiger partial charge on any atom is 0.265 e. The summed E-state index contributed by atoms with van der Waals surface area (Å²) in [5.74, 6) is 0.0769. The Bertz CT molecular complexity index is 1100. The van der Waals surface area contributed by atoms with Crippen LogP contribution in [0.25, 0.3) is 11.1 Å². The number of carbonyl (C=O) groups excluding carboxylic acids is 1. The number of anilines is 1. The highest BCUT2D eigenvalue weighted by molar-refractivity contribution is 7.15. The molecular weight excluding hydrogens is 422 g/mol. The third kappa shape index (κ3) is 4.83. The maximum atomic E-state index is 12.7. The van der Waals surface area contributed by atoms with Crippen LogP contribution in [-0.2, 0) is 0 Å². The molecule has 0 aliphatic carbocycles. The monoisotopic (exact) mass is 449 g/mol. The van der Waals surface area contributed by atoms with Gasteiger partial charge in [-0.15, -0.1) is 11.3 Å². The average molecular weight is 450 g/mol. The zero-order chi connectivity index (χ0) is 22.7. The second kappa shape index (κ2) is 9.27. The highest BCUT2D eigenvalue weighted by atomic mass is 32.1. The smallest absolute Gasteiger partial charge is 0.265 e. The van der Waals surface area contributed by atoms with Crippen molar-refractivity contribution in [3.8, 4) is 0 Å². The van der Waals surface area contributed by atoms with Crippen LogP contribution >= 0.6 is 11.3 Å². The largest absolute Gasteiger partial charge is 0.370 e. The van der Waals surface area contributed by atoms with Crippen LogP contribution in [0.2, 0.25) is 0 Å². The Balaban J connectivity index is 1.37. The zero-order valence-electron chi connectivity index (χ0n) is 17.7. The van der Waals surface area contributed by atoms with Crippen LogP contribution < -0.4 is 16.8 Å². The van der Waals surface area contributed by atoms with E-state index in [1.807, 2.05) is 46.2 Å². The zero-order valence-corrected chi connectivity index (χ0v) is 18.5. The predicted octanol–water partition coefficient (Wildman–Crippen LogP) is 2.97. The summed E-state index contributed by atoms with van der Waals surface area (Å²) < 4.78 is 0. The second-order valence-electron chi connectivity index (χ2n) is 7.82. The second-order valence-corrected chi connectivity index (χ2v) is 8.90. The Kier molecular flexibility index (Phi) is 6.27. The topological polar surface area (TPSA) is 135 Å². The van der Waals surface area contributed by atoms with Gasteiger partial charge in [-0.05, 0) is 53.8 Å². The molecule has 0 fully saturated rings. The number of thiophene rings is 1. The first-order valence-corrected chi connectivity index (χ1v) is 11.3. The van der Waals surface area contributed by atoms with Gasteiger partial charge in [-0.25, -0.2) is 0 Å². The van der Waals surface area contributed by atoms with Crippen LogP contribution in [-0.4, -0.2) is 53.8 Å². The quantitative estimate of drug-likeness (QED) is 0.361. The van der Waals surface area contributed by atoms with Gasteiger partial charge in [-0.2, -0.15) is 0 Å². The van der Waals surface area contributed by atoms with Crippen molar-refractivity contribution in [1.82, 2.24) is 9.80 Å². The van der Waals surface area contributed by atoms with Crippen LogP contribution in [0.3, 0.4) is 0 Å². The summed E-state index contributed by atoms with van der Waals surface area (Å²) in [4.78, 5) is 18.1. The number of rotatable bonds is 4. The first-order chi connectivity index (χ1) is 15.4. The molecule has 0 radical (unpaired) electrons. The lowest BCUT2D eigenvalue weighted by atomic mass is 9.99. The van der Waals surface area contributed by atoms with Gasteiger partial charge in [0.2, 0.25) is 0 Å². The number of amides is 1. The summed E-state index contributed by atoms with van der Waals surface area (Å²) in [6, 6.07) is 11.7. The normalized spacial score (nSPS) is 16.2. The maximum absolute atomic E-state index is 12.7. The molecule has 1 aromatic heterocycles. The Morgan fingerprint density at radius 1 is 0.875 bits per heavy atom. The SMILES string of the molecule is N=C(N)N1CC=C(c2ccc(NC(=O)c3ccc(C4=CCN(C(=N)N)CC4)s3)cc2)CC1. The molecule has 4 rings (SSSR count). The van der Waals surface area contributed by atoms with E-state index < -0.39 is 0 Å². The van der Waals surface area contributed by atoms with Crippen molar-refractivity contribution in [3.05, 3.63) is 63.9 Å². The summed E-state index contributed by atoms with van der Waals surface area (Å²) in [7, 11) is 0. The number of hydrogen-bond donors (Lipinski definition) is 5. The van der Waals surface area contributed by atoms with Crippen molar-refractivity contribution in [1.29, 1.82) is 10.8 Å². The predicted molar refractivity (Wildman–Crippen MR) is 131 cm³/mol. The molecular formula is C23H27N7OS. The van der Waals surface area contributed by atoms with Crippen LogP contribution in [0, 0.1) is 10.8 Å². The average Bonchev–Trinajstić information content (AvgIpc) is 3.30. The molecule has 1 amide bonds. The van der Waals surface area contributed by atoms with E-state index in [9.17, 15) is 4.79 Å². The van der Waals surface area contributed by atoms with Crippen LogP contribution in [0.5, 0.6) is 0 Å². The van der Waals surface area contributed by atoms with Crippen LogP contribution in [0.4, 0.5) is 5.69 Å². The van der Waals surface area contributed by atoms with Crippen molar-refractivity contribution in [3.63, 3.8) is 0 Å². The van der Waals surface area contributed by atoms with E-state index in [1.54, 1.807) is 0 Å². The van der Waals surface area contributed by atoms with E-state index in [0.29, 0.717) is 18.0 Å². The van der Waals surface area contributed by atoms with Gasteiger partial charge < -0.3 is 26.6 Å². The standard InChI is InChI=1S/C23H27N7OS/c24-22(25)29-11-7-16(8-12-29)15-1-3-18(4-2-15)28-21(31)20-6-5-19(32-20)17-9-13-30(14-10-17)23(26)27/h1-7,9H,8,10-14H2,(H3,24,25)(H3,26,27)(H,28,31). The summed E-state index contributed by atoms with van der Waals surface area (Å²) in [6.45, 7) is 2.73. The summed E-state index contributed by atoms with van der Waals surface area (Å²) >= 11 is 1.48. The number of guanidine groups is 2. The minimum absolute atomic E-state index is 0.0929. The Hall–Kier alpha value is -3.59. The molecule has 9 heteroatoms. The van der Waals surface area contributed by atoms with E-state index in [-0.39, 0.29) is 17.8 Å². The number of hydrogen-bond acceptors (Lipinski definition) is 4. The fourth-order valence-corrected chi connectivity index (χ4v) is 4.82. The van der Waals surface area contributed by atoms with Gasteiger partial charge >= 0.3 is 0 Å². The lowest BCUT2D eigenvalue weighted by Crippen LogP contribution is -2.39. The lowest BCUT2D eigenvalue weighted by molar-refractivity contribution is 0.103. The fraction of sp³-hybridized carbons (Fsp3) is 0.261. The molecule has 0 saturated heterocycles. The van der Waals surface area contributed by atoms with Gasteiger partial charge in [0.1, 0.15) is 0 Å². The molecule has 1 aromatic carbocycles. The molecule has 2 aromatic rings. The van der Waals surface area contributed by atoms with Gasteiger partial charge in [0.05, 0.1) is 4.88 Å². The molecule has 0 saturated carbocycles. The molecule has 8 nitrogen and oxygen atoms in total. The number of nitrogens with one attached hydrogen (secondary N) is 3. The molecule has 7 N–H and O–H groups in total. The summed E-state index contributed by atoms with van der Waals surface area (Å²) in [6.07, 6.45) is 5.82. The summed E-state index contributed by atoms with van der Waals surface area (Å²) in [5, 5.41) is 18.0. The van der Waals surface area contributed by atoms with Gasteiger partial charge in [-0.1, -0.05) is 24.3 Å². The van der Waals surface area contributed by atoms with Gasteiger partial charge in [0.25, 0.3) is 5.91 Å². The number of carbonyl (C=O) groups is 1. The molecule has 0 bridgehead atoms. The highest BCUT2D eigenvalue weighted by Crippen LogP contribution is 2.29. The fourth-order valence-electron chi connectivity index (χ4n) is 3.85. The Labute approximate surface area is 191 Å². The van der Waals surface area contributed by atoms with E-state index in [0.717, 1.165) is 42.1 Å². The lowest BCUT2D eigenvalue weighted by Gasteiger charge is -2.26. The van der Waals surface area contributed by atoms with Crippen molar-refractivity contribution in [2.75, 3.05) is 31.5 Å². The Morgan fingerprint density at radius 2 is 1.47 bits per heavy atom.